The van der Waals surface area contributed by atoms with Crippen molar-refractivity contribution in [3.63, 3.8) is 0 Å². The molecule has 0 radical (unpaired) electrons. The smallest absolute Gasteiger partial charge is 0.246 e. The van der Waals surface area contributed by atoms with Crippen LogP contribution in [0.4, 0.5) is 0 Å². The molecule has 2 aliphatic rings. The lowest BCUT2D eigenvalue weighted by molar-refractivity contribution is -0.127. The minimum Gasteiger partial charge on any atom is -0.494 e. The minimum atomic E-state index is -0.269. The Kier molecular flexibility index (Phi) is 9.51. The first kappa shape index (κ1) is 25.0. The number of carbonyl (C=O) groups is 2. The molecule has 33 heavy (non-hydrogen) atoms. The van der Waals surface area contributed by atoms with E-state index in [0.717, 1.165) is 52.1 Å². The number of hydrogen-bond donors (Lipinski definition) is 0. The zero-order chi connectivity index (χ0) is 23.6. The van der Waals surface area contributed by atoms with Crippen LogP contribution < -0.4 is 9.47 Å². The summed E-state index contributed by atoms with van der Waals surface area (Å²) in [5.41, 5.74) is 0.397. The van der Waals surface area contributed by atoms with Crippen LogP contribution in [0.5, 0.6) is 11.5 Å². The molecule has 1 aromatic carbocycles. The Morgan fingerprint density at radius 3 is 2.58 bits per heavy atom. The molecule has 0 unspecified atom stereocenters. The molecule has 180 valence electrons. The number of allylic oxidation sites excluding steroid dienone is 1. The first-order valence-electron chi connectivity index (χ1n) is 12.0. The van der Waals surface area contributed by atoms with Crippen LogP contribution in [0.1, 0.15) is 36.5 Å². The summed E-state index contributed by atoms with van der Waals surface area (Å²) in [6, 6.07) is 5.64. The number of piperidine rings is 1. The molecule has 0 bridgehead atoms. The number of likely N-dealkylation sites (N-methyl/N-ethyl adjacent to an activating group) is 1. The quantitative estimate of drug-likeness (QED) is 0.324. The fourth-order valence-corrected chi connectivity index (χ4v) is 4.46. The predicted molar refractivity (Wildman–Crippen MR) is 130 cm³/mol. The molecule has 2 saturated heterocycles. The van der Waals surface area contributed by atoms with Gasteiger partial charge in [0, 0.05) is 44.4 Å². The van der Waals surface area contributed by atoms with E-state index < -0.39 is 0 Å². The number of rotatable bonds is 9. The molecular formula is C26H37N3O4. The van der Waals surface area contributed by atoms with Crippen LogP contribution in [-0.4, -0.2) is 92.0 Å². The molecule has 0 aliphatic carbocycles. The number of amides is 1. The molecule has 3 rings (SSSR count). The number of ketones is 1. The maximum atomic E-state index is 12.8. The Morgan fingerprint density at radius 1 is 1.06 bits per heavy atom. The zero-order valence-corrected chi connectivity index (χ0v) is 20.0. The lowest BCUT2D eigenvalue weighted by Gasteiger charge is -2.37. The van der Waals surface area contributed by atoms with Gasteiger partial charge in [-0.1, -0.05) is 12.7 Å². The highest BCUT2D eigenvalue weighted by Gasteiger charge is 2.27. The van der Waals surface area contributed by atoms with E-state index in [1.54, 1.807) is 24.3 Å². The Balaban J connectivity index is 1.56. The van der Waals surface area contributed by atoms with Gasteiger partial charge in [0.15, 0.2) is 5.78 Å². The van der Waals surface area contributed by atoms with Crippen LogP contribution in [0.2, 0.25) is 0 Å². The van der Waals surface area contributed by atoms with Crippen molar-refractivity contribution in [2.24, 2.45) is 0 Å². The third-order valence-corrected chi connectivity index (χ3v) is 6.31. The van der Waals surface area contributed by atoms with Crippen LogP contribution in [-0.2, 0) is 4.79 Å². The standard InChI is InChI=1S/C26H37N3O4/c1-4-19-33-25-20-22(32-5-2)7-8-23(25)24(30)9-10-26(31)29-15-11-21(12-16-29)28-14-6-13-27(3)17-18-28/h4,7-10,20-21H,1,5-6,11-19H2,2-3H3. The molecule has 0 saturated carbocycles. The van der Waals surface area contributed by atoms with Gasteiger partial charge < -0.3 is 19.3 Å². The Hall–Kier alpha value is -2.64. The summed E-state index contributed by atoms with van der Waals surface area (Å²) < 4.78 is 11.1. The van der Waals surface area contributed by atoms with Crippen molar-refractivity contribution < 1.29 is 19.1 Å². The van der Waals surface area contributed by atoms with Crippen molar-refractivity contribution in [2.45, 2.75) is 32.2 Å². The molecule has 0 atom stereocenters. The average Bonchev–Trinajstić information content (AvgIpc) is 3.05. The second-order valence-corrected chi connectivity index (χ2v) is 8.64. The van der Waals surface area contributed by atoms with E-state index in [4.69, 9.17) is 9.47 Å². The summed E-state index contributed by atoms with van der Waals surface area (Å²) in [6.07, 6.45) is 7.51. The van der Waals surface area contributed by atoms with Crippen LogP contribution in [0.3, 0.4) is 0 Å². The van der Waals surface area contributed by atoms with Gasteiger partial charge in [-0.2, -0.15) is 0 Å². The molecule has 2 heterocycles. The van der Waals surface area contributed by atoms with Crippen LogP contribution >= 0.6 is 0 Å². The van der Waals surface area contributed by atoms with Gasteiger partial charge in [-0.15, -0.1) is 0 Å². The number of likely N-dealkylation sites (tertiary alicyclic amines) is 1. The van der Waals surface area contributed by atoms with E-state index in [2.05, 4.69) is 23.4 Å². The molecule has 2 aliphatic heterocycles. The van der Waals surface area contributed by atoms with Crippen molar-refractivity contribution in [3.8, 4) is 11.5 Å². The largest absolute Gasteiger partial charge is 0.494 e. The molecule has 0 N–H and O–H groups in total. The molecular weight excluding hydrogens is 418 g/mol. The highest BCUT2D eigenvalue weighted by atomic mass is 16.5. The normalized spacial score (nSPS) is 18.8. The van der Waals surface area contributed by atoms with Crippen molar-refractivity contribution >= 4 is 11.7 Å². The Bertz CT molecular complexity index is 846. The number of hydrogen-bond acceptors (Lipinski definition) is 6. The number of carbonyl (C=O) groups excluding carboxylic acids is 2. The topological polar surface area (TPSA) is 62.3 Å². The third kappa shape index (κ3) is 7.17. The van der Waals surface area contributed by atoms with E-state index in [-0.39, 0.29) is 18.3 Å². The highest BCUT2D eigenvalue weighted by Crippen LogP contribution is 2.26. The molecule has 0 aromatic heterocycles. The average molecular weight is 456 g/mol. The fraction of sp³-hybridized carbons (Fsp3) is 0.538. The summed E-state index contributed by atoms with van der Waals surface area (Å²) in [7, 11) is 2.18. The second-order valence-electron chi connectivity index (χ2n) is 8.64. The number of ether oxygens (including phenoxy) is 2. The van der Waals surface area contributed by atoms with E-state index in [9.17, 15) is 9.59 Å². The van der Waals surface area contributed by atoms with Gasteiger partial charge in [0.25, 0.3) is 0 Å². The molecule has 7 heteroatoms. The Morgan fingerprint density at radius 2 is 1.85 bits per heavy atom. The van der Waals surface area contributed by atoms with Crippen molar-refractivity contribution in [2.75, 3.05) is 59.5 Å². The fourth-order valence-electron chi connectivity index (χ4n) is 4.46. The molecule has 0 spiro atoms. The SMILES string of the molecule is C=CCOc1cc(OCC)ccc1C(=O)C=CC(=O)N1CCC(N2CCCN(C)CC2)CC1. The second kappa shape index (κ2) is 12.6. The molecule has 7 nitrogen and oxygen atoms in total. The van der Waals surface area contributed by atoms with Crippen LogP contribution in [0.25, 0.3) is 0 Å². The summed E-state index contributed by atoms with van der Waals surface area (Å²) in [6.45, 7) is 12.3. The Labute approximate surface area is 197 Å². The lowest BCUT2D eigenvalue weighted by Crippen LogP contribution is -2.47. The summed E-state index contributed by atoms with van der Waals surface area (Å²) in [5, 5.41) is 0. The first-order chi connectivity index (χ1) is 16.0. The number of nitrogens with zero attached hydrogens (tertiary/aromatic N) is 3. The number of benzene rings is 1. The van der Waals surface area contributed by atoms with Gasteiger partial charge in [0.05, 0.1) is 12.2 Å². The molecule has 1 amide bonds. The van der Waals surface area contributed by atoms with E-state index in [0.29, 0.717) is 29.7 Å². The van der Waals surface area contributed by atoms with Gasteiger partial charge in [-0.05, 0) is 64.5 Å². The first-order valence-corrected chi connectivity index (χ1v) is 12.0. The van der Waals surface area contributed by atoms with Gasteiger partial charge >= 0.3 is 0 Å². The van der Waals surface area contributed by atoms with Crippen molar-refractivity contribution in [1.82, 2.24) is 14.7 Å². The van der Waals surface area contributed by atoms with Crippen LogP contribution in [0, 0.1) is 0 Å². The van der Waals surface area contributed by atoms with Crippen molar-refractivity contribution in [1.29, 1.82) is 0 Å². The summed E-state index contributed by atoms with van der Waals surface area (Å²) in [4.78, 5) is 32.3. The highest BCUT2D eigenvalue weighted by molar-refractivity contribution is 6.09. The molecule has 1 aromatic rings. The van der Waals surface area contributed by atoms with E-state index >= 15 is 0 Å². The van der Waals surface area contributed by atoms with Gasteiger partial charge in [-0.3, -0.25) is 14.5 Å². The predicted octanol–water partition coefficient (Wildman–Crippen LogP) is 3.02. The minimum absolute atomic E-state index is 0.114. The third-order valence-electron chi connectivity index (χ3n) is 6.31. The van der Waals surface area contributed by atoms with Crippen molar-refractivity contribution in [3.05, 3.63) is 48.6 Å². The zero-order valence-electron chi connectivity index (χ0n) is 20.0. The summed E-state index contributed by atoms with van der Waals surface area (Å²) in [5.74, 6) is 0.671. The maximum absolute atomic E-state index is 12.8. The van der Waals surface area contributed by atoms with Gasteiger partial charge in [0.1, 0.15) is 18.1 Å². The van der Waals surface area contributed by atoms with Crippen LogP contribution in [0.15, 0.2) is 43.0 Å². The molecule has 2 fully saturated rings. The van der Waals surface area contributed by atoms with E-state index in [1.807, 2.05) is 11.8 Å². The van der Waals surface area contributed by atoms with Gasteiger partial charge in [0.2, 0.25) is 5.91 Å². The summed E-state index contributed by atoms with van der Waals surface area (Å²) >= 11 is 0. The van der Waals surface area contributed by atoms with E-state index in [1.165, 1.54) is 18.6 Å². The lowest BCUT2D eigenvalue weighted by atomic mass is 10.0. The monoisotopic (exact) mass is 455 g/mol. The van der Waals surface area contributed by atoms with Gasteiger partial charge in [-0.25, -0.2) is 0 Å². The maximum Gasteiger partial charge on any atom is 0.246 e.